The Kier molecular flexibility index (Phi) is 6.41. The quantitative estimate of drug-likeness (QED) is 0.397. The van der Waals surface area contributed by atoms with Gasteiger partial charge in [-0.2, -0.15) is 0 Å². The summed E-state index contributed by atoms with van der Waals surface area (Å²) in [5, 5.41) is 0.935. The second kappa shape index (κ2) is 8.62. The number of carbonyl (C=O) groups excluding carboxylic acids is 1. The number of ether oxygens (including phenoxy) is 1. The minimum absolute atomic E-state index is 0.0969. The molecule has 1 unspecified atom stereocenters. The van der Waals surface area contributed by atoms with Crippen LogP contribution >= 0.6 is 23.4 Å². The van der Waals surface area contributed by atoms with Crippen LogP contribution in [0.4, 0.5) is 5.69 Å². The van der Waals surface area contributed by atoms with Gasteiger partial charge in [0.05, 0.1) is 11.1 Å². The summed E-state index contributed by atoms with van der Waals surface area (Å²) in [6.07, 6.45) is 2.76. The van der Waals surface area contributed by atoms with E-state index in [9.17, 15) is 4.79 Å². The molecule has 3 rings (SSSR count). The fourth-order valence-corrected chi connectivity index (χ4v) is 4.52. The van der Waals surface area contributed by atoms with Crippen LogP contribution in [-0.2, 0) is 4.79 Å². The van der Waals surface area contributed by atoms with Crippen LogP contribution in [0.25, 0.3) is 0 Å². The van der Waals surface area contributed by atoms with Gasteiger partial charge in [0.1, 0.15) is 12.4 Å². The minimum Gasteiger partial charge on any atom is -0.490 e. The van der Waals surface area contributed by atoms with Crippen LogP contribution in [0.1, 0.15) is 38.0 Å². The molecule has 0 bridgehead atoms. The Hall–Kier alpha value is -1.91. The lowest BCUT2D eigenvalue weighted by Crippen LogP contribution is -2.42. The first-order valence-corrected chi connectivity index (χ1v) is 10.7. The van der Waals surface area contributed by atoms with Crippen LogP contribution in [0.15, 0.2) is 60.0 Å². The second-order valence-corrected chi connectivity index (χ2v) is 9.25. The van der Waals surface area contributed by atoms with E-state index < -0.39 is 5.41 Å². The van der Waals surface area contributed by atoms with Crippen LogP contribution in [0, 0.1) is 5.41 Å². The molecule has 148 valence electrons. The van der Waals surface area contributed by atoms with Gasteiger partial charge in [-0.05, 0) is 69.2 Å². The normalized spacial score (nSPS) is 16.7. The first kappa shape index (κ1) is 20.8. The Bertz CT molecular complexity index is 863. The van der Waals surface area contributed by atoms with Gasteiger partial charge in [-0.25, -0.2) is 0 Å². The van der Waals surface area contributed by atoms with Crippen molar-refractivity contribution in [2.24, 2.45) is 5.41 Å². The number of allylic oxidation sites excluding steroid dienone is 1. The molecule has 1 aliphatic heterocycles. The zero-order valence-electron chi connectivity index (χ0n) is 16.6. The van der Waals surface area contributed by atoms with Gasteiger partial charge in [-0.15, -0.1) is 18.3 Å². The number of carbonyl (C=O) groups is 1. The molecule has 1 aliphatic rings. The molecule has 2 aromatic carbocycles. The summed E-state index contributed by atoms with van der Waals surface area (Å²) in [6.45, 7) is 10.8. The van der Waals surface area contributed by atoms with E-state index in [4.69, 9.17) is 16.3 Å². The first-order chi connectivity index (χ1) is 13.4. The summed E-state index contributed by atoms with van der Waals surface area (Å²) < 4.78 is 6.09. The van der Waals surface area contributed by atoms with E-state index >= 15 is 0 Å². The molecule has 0 saturated carbocycles. The minimum atomic E-state index is -0.548. The van der Waals surface area contributed by atoms with Gasteiger partial charge in [0, 0.05) is 21.7 Å². The fraction of sp³-hybridized carbons (Fsp3) is 0.348. The van der Waals surface area contributed by atoms with E-state index in [2.05, 4.69) is 18.7 Å². The van der Waals surface area contributed by atoms with E-state index in [0.717, 1.165) is 33.3 Å². The van der Waals surface area contributed by atoms with Gasteiger partial charge in [0.25, 0.3) is 0 Å². The molecule has 1 heterocycles. The van der Waals surface area contributed by atoms with Gasteiger partial charge >= 0.3 is 0 Å². The predicted molar refractivity (Wildman–Crippen MR) is 119 cm³/mol. The summed E-state index contributed by atoms with van der Waals surface area (Å²) in [5.41, 5.74) is 1.45. The highest BCUT2D eigenvalue weighted by Gasteiger charge is 2.37. The van der Waals surface area contributed by atoms with Crippen LogP contribution in [-0.4, -0.2) is 19.1 Å². The number of fused-ring (bicyclic) bond motifs is 1. The monoisotopic (exact) mass is 415 g/mol. The van der Waals surface area contributed by atoms with Crippen molar-refractivity contribution < 1.29 is 9.53 Å². The molecule has 5 heteroatoms. The van der Waals surface area contributed by atoms with E-state index in [0.29, 0.717) is 13.2 Å². The average molecular weight is 416 g/mol. The first-order valence-electron chi connectivity index (χ1n) is 9.47. The highest BCUT2D eigenvalue weighted by atomic mass is 35.5. The number of hydrogen-bond donors (Lipinski definition) is 0. The summed E-state index contributed by atoms with van der Waals surface area (Å²) >= 11 is 7.78. The van der Waals surface area contributed by atoms with Gasteiger partial charge < -0.3 is 9.64 Å². The van der Waals surface area contributed by atoms with Gasteiger partial charge in [0.2, 0.25) is 5.91 Å². The molecule has 1 atom stereocenters. The maximum Gasteiger partial charge on any atom is 0.236 e. The lowest BCUT2D eigenvalue weighted by molar-refractivity contribution is -0.127. The highest BCUT2D eigenvalue weighted by Crippen LogP contribution is 2.43. The van der Waals surface area contributed by atoms with Crippen molar-refractivity contribution in [2.75, 3.05) is 18.1 Å². The standard InChI is InChI=1S/C23H26ClNO2S/c1-5-7-21(28-18-11-9-17(24)10-12-18)16-8-13-19-20(14-16)27-15-23(3,4)22(26)25(19)6-2/h5,8-14,21H,1,6-7,15H2,2-4H3. The van der Waals surface area contributed by atoms with E-state index in [1.54, 1.807) is 11.8 Å². The number of hydrogen-bond acceptors (Lipinski definition) is 3. The number of benzene rings is 2. The van der Waals surface area contributed by atoms with Crippen LogP contribution in [0.3, 0.4) is 0 Å². The Balaban J connectivity index is 1.94. The van der Waals surface area contributed by atoms with Crippen molar-refractivity contribution in [2.45, 2.75) is 37.3 Å². The topological polar surface area (TPSA) is 29.5 Å². The van der Waals surface area contributed by atoms with Crippen molar-refractivity contribution in [1.29, 1.82) is 0 Å². The number of rotatable bonds is 6. The van der Waals surface area contributed by atoms with Crippen LogP contribution in [0.5, 0.6) is 5.75 Å². The van der Waals surface area contributed by atoms with Crippen LogP contribution in [0.2, 0.25) is 5.02 Å². The molecule has 0 fully saturated rings. The van der Waals surface area contributed by atoms with Gasteiger partial charge in [-0.3, -0.25) is 4.79 Å². The molecule has 0 aromatic heterocycles. The van der Waals surface area contributed by atoms with Crippen molar-refractivity contribution in [3.05, 3.63) is 65.7 Å². The molecule has 1 amide bonds. The summed E-state index contributed by atoms with van der Waals surface area (Å²) in [6, 6.07) is 14.0. The Morgan fingerprint density at radius 1 is 1.29 bits per heavy atom. The smallest absolute Gasteiger partial charge is 0.236 e. The van der Waals surface area contributed by atoms with Gasteiger partial charge in [-0.1, -0.05) is 23.7 Å². The number of nitrogens with zero attached hydrogens (tertiary/aromatic N) is 1. The molecular weight excluding hydrogens is 390 g/mol. The summed E-state index contributed by atoms with van der Waals surface area (Å²) in [5.74, 6) is 0.865. The van der Waals surface area contributed by atoms with Crippen molar-refractivity contribution in [1.82, 2.24) is 0 Å². The molecule has 0 saturated heterocycles. The Morgan fingerprint density at radius 2 is 2.00 bits per heavy atom. The number of anilines is 1. The molecule has 0 radical (unpaired) electrons. The van der Waals surface area contributed by atoms with E-state index in [1.165, 1.54) is 0 Å². The van der Waals surface area contributed by atoms with Crippen molar-refractivity contribution in [3.63, 3.8) is 0 Å². The lowest BCUT2D eigenvalue weighted by atomic mass is 9.93. The number of halogens is 1. The third-order valence-electron chi connectivity index (χ3n) is 4.85. The van der Waals surface area contributed by atoms with Crippen molar-refractivity contribution >= 4 is 35.0 Å². The largest absolute Gasteiger partial charge is 0.490 e. The maximum absolute atomic E-state index is 12.9. The third kappa shape index (κ3) is 4.39. The zero-order valence-corrected chi connectivity index (χ0v) is 18.1. The lowest BCUT2D eigenvalue weighted by Gasteiger charge is -2.27. The molecule has 0 aliphatic carbocycles. The molecule has 3 nitrogen and oxygen atoms in total. The van der Waals surface area contributed by atoms with Gasteiger partial charge in [0.15, 0.2) is 0 Å². The average Bonchev–Trinajstić information content (AvgIpc) is 2.77. The maximum atomic E-state index is 12.9. The number of amides is 1. The molecule has 28 heavy (non-hydrogen) atoms. The predicted octanol–water partition coefficient (Wildman–Crippen LogP) is 6.52. The highest BCUT2D eigenvalue weighted by molar-refractivity contribution is 7.99. The van der Waals surface area contributed by atoms with E-state index in [-0.39, 0.29) is 11.2 Å². The third-order valence-corrected chi connectivity index (χ3v) is 6.39. The molecule has 2 aromatic rings. The zero-order chi connectivity index (χ0) is 20.3. The van der Waals surface area contributed by atoms with E-state index in [1.807, 2.05) is 62.1 Å². The fourth-order valence-electron chi connectivity index (χ4n) is 3.26. The summed E-state index contributed by atoms with van der Waals surface area (Å²) in [4.78, 5) is 15.8. The SMILES string of the molecule is C=CCC(Sc1ccc(Cl)cc1)c1ccc2c(c1)OCC(C)(C)C(=O)N2CC. The Morgan fingerprint density at radius 3 is 2.64 bits per heavy atom. The number of thioether (sulfide) groups is 1. The Labute approximate surface area is 176 Å². The van der Waals surface area contributed by atoms with Crippen molar-refractivity contribution in [3.8, 4) is 5.75 Å². The molecule has 0 N–H and O–H groups in total. The molecular formula is C23H26ClNO2S. The molecule has 0 spiro atoms. The second-order valence-electron chi connectivity index (χ2n) is 7.53. The van der Waals surface area contributed by atoms with Crippen LogP contribution < -0.4 is 9.64 Å². The summed E-state index contributed by atoms with van der Waals surface area (Å²) in [7, 11) is 0.